The Kier molecular flexibility index (Phi) is 5.07. The van der Waals surface area contributed by atoms with Gasteiger partial charge in [-0.25, -0.2) is 4.79 Å². The summed E-state index contributed by atoms with van der Waals surface area (Å²) >= 11 is 0. The summed E-state index contributed by atoms with van der Waals surface area (Å²) in [4.78, 5) is 38.2. The van der Waals surface area contributed by atoms with Crippen LogP contribution in [0.2, 0.25) is 0 Å². The van der Waals surface area contributed by atoms with Gasteiger partial charge in [0, 0.05) is 30.4 Å². The summed E-state index contributed by atoms with van der Waals surface area (Å²) in [6.07, 6.45) is 0.126. The highest BCUT2D eigenvalue weighted by atomic mass is 16.6. The van der Waals surface area contributed by atoms with E-state index in [4.69, 9.17) is 9.47 Å². The molecule has 0 aliphatic carbocycles. The molecule has 1 saturated heterocycles. The lowest BCUT2D eigenvalue weighted by Crippen LogP contribution is -2.28. The number of benzene rings is 2. The number of carbonyl (C=O) groups is 3. The molecule has 8 nitrogen and oxygen atoms in total. The van der Waals surface area contributed by atoms with Crippen molar-refractivity contribution < 1.29 is 28.6 Å². The fraction of sp³-hybridized carbons (Fsp3) is 0.286. The summed E-state index contributed by atoms with van der Waals surface area (Å²) in [5.41, 5.74) is 1.62. The summed E-state index contributed by atoms with van der Waals surface area (Å²) < 4.78 is 15.7. The first-order valence-corrected chi connectivity index (χ1v) is 9.24. The van der Waals surface area contributed by atoms with Crippen molar-refractivity contribution in [3.63, 3.8) is 0 Å². The quantitative estimate of drug-likeness (QED) is 0.797. The number of methoxy groups -OCH3 is 1. The SMILES string of the molecule is COC(=O)c1ccc(NC(=O)[C@@H]2CC(=O)N(c3ccc4c(c3)OCCO4)C2)cc1. The van der Waals surface area contributed by atoms with Crippen LogP contribution in [0.4, 0.5) is 11.4 Å². The highest BCUT2D eigenvalue weighted by Crippen LogP contribution is 2.36. The smallest absolute Gasteiger partial charge is 0.337 e. The van der Waals surface area contributed by atoms with Gasteiger partial charge in [0.05, 0.1) is 18.6 Å². The van der Waals surface area contributed by atoms with Crippen molar-refractivity contribution in [1.29, 1.82) is 0 Å². The second kappa shape index (κ2) is 7.83. The molecule has 2 aromatic rings. The third-order valence-electron chi connectivity index (χ3n) is 4.91. The first-order chi connectivity index (χ1) is 14.0. The molecule has 1 fully saturated rings. The number of esters is 1. The zero-order valence-corrected chi connectivity index (χ0v) is 15.8. The Morgan fingerprint density at radius 2 is 1.79 bits per heavy atom. The van der Waals surface area contributed by atoms with E-state index in [9.17, 15) is 14.4 Å². The second-order valence-electron chi connectivity index (χ2n) is 6.79. The molecule has 0 radical (unpaired) electrons. The minimum Gasteiger partial charge on any atom is -0.486 e. The summed E-state index contributed by atoms with van der Waals surface area (Å²) in [5, 5.41) is 2.80. The van der Waals surface area contributed by atoms with Gasteiger partial charge in [0.15, 0.2) is 11.5 Å². The van der Waals surface area contributed by atoms with Crippen LogP contribution in [0.1, 0.15) is 16.8 Å². The first kappa shape index (κ1) is 18.8. The molecule has 4 rings (SSSR count). The molecule has 2 aliphatic heterocycles. The first-order valence-electron chi connectivity index (χ1n) is 9.24. The molecular formula is C21H20N2O6. The maximum atomic E-state index is 12.6. The number of fused-ring (bicyclic) bond motifs is 1. The normalized spacial score (nSPS) is 17.8. The Balaban J connectivity index is 1.42. The van der Waals surface area contributed by atoms with Gasteiger partial charge in [-0.1, -0.05) is 0 Å². The van der Waals surface area contributed by atoms with Gasteiger partial charge in [-0.15, -0.1) is 0 Å². The molecule has 29 heavy (non-hydrogen) atoms. The summed E-state index contributed by atoms with van der Waals surface area (Å²) in [5.74, 6) is -0.0427. The Morgan fingerprint density at radius 1 is 1.07 bits per heavy atom. The molecule has 2 aromatic carbocycles. The monoisotopic (exact) mass is 396 g/mol. The van der Waals surface area contributed by atoms with Gasteiger partial charge in [-0.2, -0.15) is 0 Å². The lowest BCUT2D eigenvalue weighted by Gasteiger charge is -2.22. The molecule has 2 aliphatic rings. The van der Waals surface area contributed by atoms with Gasteiger partial charge in [0.25, 0.3) is 0 Å². The molecular weight excluding hydrogens is 376 g/mol. The van der Waals surface area contributed by atoms with Gasteiger partial charge in [-0.05, 0) is 36.4 Å². The second-order valence-corrected chi connectivity index (χ2v) is 6.79. The van der Waals surface area contributed by atoms with Crippen molar-refractivity contribution in [2.45, 2.75) is 6.42 Å². The Bertz CT molecular complexity index is 956. The van der Waals surface area contributed by atoms with Crippen LogP contribution >= 0.6 is 0 Å². The van der Waals surface area contributed by atoms with Crippen molar-refractivity contribution in [3.8, 4) is 11.5 Å². The number of nitrogens with one attached hydrogen (secondary N) is 1. The highest BCUT2D eigenvalue weighted by molar-refractivity contribution is 6.03. The summed E-state index contributed by atoms with van der Waals surface area (Å²) in [6.45, 7) is 1.24. The maximum Gasteiger partial charge on any atom is 0.337 e. The van der Waals surface area contributed by atoms with E-state index in [1.165, 1.54) is 7.11 Å². The van der Waals surface area contributed by atoms with Crippen LogP contribution in [-0.2, 0) is 14.3 Å². The van der Waals surface area contributed by atoms with E-state index in [1.807, 2.05) is 0 Å². The van der Waals surface area contributed by atoms with Gasteiger partial charge < -0.3 is 24.4 Å². The van der Waals surface area contributed by atoms with Crippen molar-refractivity contribution >= 4 is 29.2 Å². The average molecular weight is 396 g/mol. The fourth-order valence-electron chi connectivity index (χ4n) is 3.38. The number of hydrogen-bond acceptors (Lipinski definition) is 6. The van der Waals surface area contributed by atoms with E-state index >= 15 is 0 Å². The third-order valence-corrected chi connectivity index (χ3v) is 4.91. The van der Waals surface area contributed by atoms with Crippen LogP contribution in [0.15, 0.2) is 42.5 Å². The van der Waals surface area contributed by atoms with E-state index in [2.05, 4.69) is 10.1 Å². The standard InChI is InChI=1S/C21H20N2O6/c1-27-21(26)13-2-4-15(5-3-13)22-20(25)14-10-19(24)23(12-14)16-6-7-17-18(11-16)29-9-8-28-17/h2-7,11,14H,8-10,12H2,1H3,(H,22,25)/t14-/m1/s1. The number of anilines is 2. The maximum absolute atomic E-state index is 12.6. The van der Waals surface area contributed by atoms with Crippen LogP contribution < -0.4 is 19.7 Å². The van der Waals surface area contributed by atoms with E-state index in [1.54, 1.807) is 47.4 Å². The Hall–Kier alpha value is -3.55. The Morgan fingerprint density at radius 3 is 2.52 bits per heavy atom. The van der Waals surface area contributed by atoms with Crippen LogP contribution in [0.25, 0.3) is 0 Å². The molecule has 0 unspecified atom stereocenters. The van der Waals surface area contributed by atoms with Crippen molar-refractivity contribution in [2.24, 2.45) is 5.92 Å². The summed E-state index contributed by atoms with van der Waals surface area (Å²) in [6, 6.07) is 11.7. The molecule has 1 atom stereocenters. The minimum absolute atomic E-state index is 0.122. The Labute approximate surface area is 167 Å². The fourth-order valence-corrected chi connectivity index (χ4v) is 3.38. The van der Waals surface area contributed by atoms with Crippen LogP contribution in [0, 0.1) is 5.92 Å². The number of ether oxygens (including phenoxy) is 3. The highest BCUT2D eigenvalue weighted by Gasteiger charge is 2.35. The zero-order valence-electron chi connectivity index (χ0n) is 15.8. The number of rotatable bonds is 4. The number of hydrogen-bond donors (Lipinski definition) is 1. The van der Waals surface area contributed by atoms with E-state index < -0.39 is 11.9 Å². The van der Waals surface area contributed by atoms with Crippen LogP contribution in [-0.4, -0.2) is 44.7 Å². The zero-order chi connectivity index (χ0) is 20.4. The van der Waals surface area contributed by atoms with Gasteiger partial charge in [0.2, 0.25) is 11.8 Å². The molecule has 0 spiro atoms. The number of nitrogens with zero attached hydrogens (tertiary/aromatic N) is 1. The van der Waals surface area contributed by atoms with Gasteiger partial charge >= 0.3 is 5.97 Å². The van der Waals surface area contributed by atoms with E-state index in [-0.39, 0.29) is 24.8 Å². The molecule has 0 saturated carbocycles. The van der Waals surface area contributed by atoms with Crippen LogP contribution in [0.5, 0.6) is 11.5 Å². The van der Waals surface area contributed by atoms with Crippen molar-refractivity contribution in [2.75, 3.05) is 37.1 Å². The van der Waals surface area contributed by atoms with E-state index in [0.29, 0.717) is 41.7 Å². The topological polar surface area (TPSA) is 94.2 Å². The number of amides is 2. The molecule has 150 valence electrons. The van der Waals surface area contributed by atoms with E-state index in [0.717, 1.165) is 0 Å². The summed E-state index contributed by atoms with van der Waals surface area (Å²) in [7, 11) is 1.31. The molecule has 2 heterocycles. The van der Waals surface area contributed by atoms with Crippen molar-refractivity contribution in [3.05, 3.63) is 48.0 Å². The molecule has 1 N–H and O–H groups in total. The lowest BCUT2D eigenvalue weighted by molar-refractivity contribution is -0.122. The predicted octanol–water partition coefficient (Wildman–Crippen LogP) is 2.24. The molecule has 0 bridgehead atoms. The molecule has 8 heteroatoms. The molecule has 0 aromatic heterocycles. The van der Waals surface area contributed by atoms with Gasteiger partial charge in [-0.3, -0.25) is 9.59 Å². The minimum atomic E-state index is -0.476. The average Bonchev–Trinajstić information content (AvgIpc) is 3.15. The van der Waals surface area contributed by atoms with Crippen LogP contribution in [0.3, 0.4) is 0 Å². The van der Waals surface area contributed by atoms with Gasteiger partial charge in [0.1, 0.15) is 13.2 Å². The molecule has 2 amide bonds. The lowest BCUT2D eigenvalue weighted by atomic mass is 10.1. The van der Waals surface area contributed by atoms with Crippen molar-refractivity contribution in [1.82, 2.24) is 0 Å². The largest absolute Gasteiger partial charge is 0.486 e. The predicted molar refractivity (Wildman–Crippen MR) is 104 cm³/mol. The number of carbonyl (C=O) groups excluding carboxylic acids is 3. The third kappa shape index (κ3) is 3.87.